The first-order valence-electron chi connectivity index (χ1n) is 8.18. The number of aromatic nitrogens is 6. The summed E-state index contributed by atoms with van der Waals surface area (Å²) in [5, 5.41) is 0. The third-order valence-corrected chi connectivity index (χ3v) is 4.89. The fourth-order valence-corrected chi connectivity index (χ4v) is 3.92. The Kier molecular flexibility index (Phi) is 2.76. The van der Waals surface area contributed by atoms with Crippen LogP contribution in [-0.2, 0) is 0 Å². The van der Waals surface area contributed by atoms with Gasteiger partial charge in [0.1, 0.15) is 11.8 Å². The number of nitrogens with zero attached hydrogens (tertiary/aromatic N) is 7. The van der Waals surface area contributed by atoms with Crippen LogP contribution in [0.3, 0.4) is 0 Å². The number of hydrogen-bond acceptors (Lipinski definition) is 7. The molecule has 8 nitrogen and oxygen atoms in total. The smallest absolute Gasteiger partial charge is 0.225 e. The number of aryl methyl sites for hydroxylation is 2. The molecule has 0 saturated carbocycles. The first kappa shape index (κ1) is 13.6. The van der Waals surface area contributed by atoms with Crippen LogP contribution in [-0.4, -0.2) is 55.1 Å². The van der Waals surface area contributed by atoms with E-state index >= 15 is 0 Å². The lowest BCUT2D eigenvalue weighted by Gasteiger charge is -2.56. The van der Waals surface area contributed by atoms with Gasteiger partial charge in [-0.05, 0) is 26.3 Å². The summed E-state index contributed by atoms with van der Waals surface area (Å²) in [4.78, 5) is 30.0. The lowest BCUT2D eigenvalue weighted by atomic mass is 9.87. The highest BCUT2D eigenvalue weighted by Crippen LogP contribution is 2.38. The molecule has 2 unspecified atom stereocenters. The third kappa shape index (κ3) is 1.95. The van der Waals surface area contributed by atoms with E-state index < -0.39 is 0 Å². The molecule has 3 aliphatic heterocycles. The van der Waals surface area contributed by atoms with Gasteiger partial charge in [-0.1, -0.05) is 0 Å². The van der Waals surface area contributed by atoms with Crippen molar-refractivity contribution in [2.75, 3.05) is 22.9 Å². The molecule has 2 bridgehead atoms. The molecule has 1 N–H and O–H groups in total. The van der Waals surface area contributed by atoms with Gasteiger partial charge in [0.2, 0.25) is 5.95 Å². The highest BCUT2D eigenvalue weighted by molar-refractivity contribution is 5.83. The van der Waals surface area contributed by atoms with Crippen molar-refractivity contribution in [2.24, 2.45) is 0 Å². The number of piperazine rings is 1. The molecule has 122 valence electrons. The van der Waals surface area contributed by atoms with E-state index in [4.69, 9.17) is 0 Å². The molecule has 3 saturated heterocycles. The quantitative estimate of drug-likeness (QED) is 0.759. The number of rotatable bonds is 2. The number of H-pyrrole nitrogens is 1. The summed E-state index contributed by atoms with van der Waals surface area (Å²) in [5.41, 5.74) is 3.68. The van der Waals surface area contributed by atoms with Crippen LogP contribution in [0.1, 0.15) is 17.8 Å². The predicted octanol–water partition coefficient (Wildman–Crippen LogP) is 1.23. The molecule has 8 heteroatoms. The number of aromatic amines is 1. The molecule has 3 fully saturated rings. The second kappa shape index (κ2) is 4.86. The van der Waals surface area contributed by atoms with Crippen molar-refractivity contribution in [3.8, 4) is 0 Å². The van der Waals surface area contributed by atoms with E-state index in [0.717, 1.165) is 47.4 Å². The van der Waals surface area contributed by atoms with Crippen LogP contribution in [0.25, 0.3) is 11.2 Å². The van der Waals surface area contributed by atoms with Crippen molar-refractivity contribution >= 4 is 22.9 Å². The van der Waals surface area contributed by atoms with Crippen molar-refractivity contribution in [3.63, 3.8) is 0 Å². The highest BCUT2D eigenvalue weighted by Gasteiger charge is 2.46. The molecular formula is C16H18N8. The maximum absolute atomic E-state index is 4.61. The van der Waals surface area contributed by atoms with Crippen LogP contribution < -0.4 is 9.80 Å². The second-order valence-electron chi connectivity index (χ2n) is 6.60. The molecule has 24 heavy (non-hydrogen) atoms. The predicted molar refractivity (Wildman–Crippen MR) is 90.1 cm³/mol. The molecule has 0 spiro atoms. The van der Waals surface area contributed by atoms with E-state index in [1.165, 1.54) is 6.42 Å². The molecule has 6 heterocycles. The first-order chi connectivity index (χ1) is 11.7. The molecule has 6 rings (SSSR count). The van der Waals surface area contributed by atoms with Crippen LogP contribution in [0.5, 0.6) is 0 Å². The van der Waals surface area contributed by atoms with Gasteiger partial charge in [0.15, 0.2) is 11.5 Å². The summed E-state index contributed by atoms with van der Waals surface area (Å²) in [6, 6.07) is 2.86. The number of anilines is 2. The summed E-state index contributed by atoms with van der Waals surface area (Å²) in [7, 11) is 0. The molecule has 0 aromatic carbocycles. The zero-order valence-electron chi connectivity index (χ0n) is 13.6. The van der Waals surface area contributed by atoms with Crippen molar-refractivity contribution in [1.29, 1.82) is 0 Å². The van der Waals surface area contributed by atoms with Gasteiger partial charge in [-0.15, -0.1) is 0 Å². The van der Waals surface area contributed by atoms with Gasteiger partial charge in [-0.25, -0.2) is 24.9 Å². The zero-order valence-corrected chi connectivity index (χ0v) is 13.6. The van der Waals surface area contributed by atoms with Gasteiger partial charge in [0.25, 0.3) is 0 Å². The van der Waals surface area contributed by atoms with Gasteiger partial charge < -0.3 is 14.8 Å². The molecule has 0 radical (unpaired) electrons. The Balaban J connectivity index is 1.44. The topological polar surface area (TPSA) is 86.7 Å². The first-order valence-corrected chi connectivity index (χ1v) is 8.18. The van der Waals surface area contributed by atoms with Gasteiger partial charge >= 0.3 is 0 Å². The zero-order chi connectivity index (χ0) is 16.3. The minimum atomic E-state index is 0.426. The SMILES string of the molecule is Cc1cc(C)nc(N2CC3CC(C2)N3c2ncnc3nc[nH]c23)n1. The number of piperidine rings is 1. The van der Waals surface area contributed by atoms with Gasteiger partial charge in [0, 0.05) is 24.5 Å². The Bertz CT molecular complexity index is 887. The van der Waals surface area contributed by atoms with E-state index in [0.29, 0.717) is 12.1 Å². The summed E-state index contributed by atoms with van der Waals surface area (Å²) in [6.07, 6.45) is 4.45. The van der Waals surface area contributed by atoms with E-state index in [-0.39, 0.29) is 0 Å². The Hall–Kier alpha value is -2.77. The summed E-state index contributed by atoms with van der Waals surface area (Å²) in [6.45, 7) is 5.87. The Morgan fingerprint density at radius 2 is 1.79 bits per heavy atom. The minimum absolute atomic E-state index is 0.426. The molecule has 3 aliphatic rings. The molecule has 3 aromatic heterocycles. The van der Waals surface area contributed by atoms with Gasteiger partial charge in [-0.2, -0.15) is 0 Å². The maximum Gasteiger partial charge on any atom is 0.225 e. The van der Waals surface area contributed by atoms with E-state index in [9.17, 15) is 0 Å². The average molecular weight is 322 g/mol. The van der Waals surface area contributed by atoms with Crippen LogP contribution >= 0.6 is 0 Å². The van der Waals surface area contributed by atoms with E-state index in [2.05, 4.69) is 39.7 Å². The molecule has 3 aromatic rings. The number of nitrogens with one attached hydrogen (secondary N) is 1. The van der Waals surface area contributed by atoms with Crippen LogP contribution in [0, 0.1) is 13.8 Å². The van der Waals surface area contributed by atoms with E-state index in [1.807, 2.05) is 19.9 Å². The van der Waals surface area contributed by atoms with Crippen molar-refractivity contribution < 1.29 is 0 Å². The Labute approximate surface area is 139 Å². The fourth-order valence-electron chi connectivity index (χ4n) is 3.92. The van der Waals surface area contributed by atoms with Gasteiger partial charge in [-0.3, -0.25) is 0 Å². The summed E-state index contributed by atoms with van der Waals surface area (Å²) in [5.74, 6) is 1.80. The van der Waals surface area contributed by atoms with Gasteiger partial charge in [0.05, 0.1) is 18.4 Å². The van der Waals surface area contributed by atoms with Crippen molar-refractivity contribution in [2.45, 2.75) is 32.4 Å². The molecular weight excluding hydrogens is 304 g/mol. The van der Waals surface area contributed by atoms with E-state index in [1.54, 1.807) is 12.7 Å². The lowest BCUT2D eigenvalue weighted by Crippen LogP contribution is -2.69. The Morgan fingerprint density at radius 3 is 2.54 bits per heavy atom. The number of fused-ring (bicyclic) bond motifs is 3. The minimum Gasteiger partial charge on any atom is -0.345 e. The van der Waals surface area contributed by atoms with Crippen LogP contribution in [0.2, 0.25) is 0 Å². The third-order valence-electron chi connectivity index (χ3n) is 4.89. The second-order valence-corrected chi connectivity index (χ2v) is 6.60. The van der Waals surface area contributed by atoms with Crippen molar-refractivity contribution in [1.82, 2.24) is 29.9 Å². The monoisotopic (exact) mass is 322 g/mol. The number of imidazole rings is 1. The highest BCUT2D eigenvalue weighted by atomic mass is 15.4. The normalized spacial score (nSPS) is 22.8. The van der Waals surface area contributed by atoms with Crippen LogP contribution in [0.15, 0.2) is 18.7 Å². The standard InChI is InChI=1S/C16H18N8/c1-9-3-10(2)22-16(21-9)23-5-11-4-12(6-23)24(11)15-13-14(18-7-17-13)19-8-20-15/h3,7-8,11-12H,4-6H2,1-2H3,(H,17,18,19,20). The lowest BCUT2D eigenvalue weighted by molar-refractivity contribution is 0.287. The number of hydrogen-bond donors (Lipinski definition) is 1. The van der Waals surface area contributed by atoms with Crippen LogP contribution in [0.4, 0.5) is 11.8 Å². The maximum atomic E-state index is 4.61. The Morgan fingerprint density at radius 1 is 1.04 bits per heavy atom. The largest absolute Gasteiger partial charge is 0.345 e. The molecule has 2 atom stereocenters. The summed E-state index contributed by atoms with van der Waals surface area (Å²) >= 11 is 0. The van der Waals surface area contributed by atoms with Crippen molar-refractivity contribution in [3.05, 3.63) is 30.1 Å². The summed E-state index contributed by atoms with van der Waals surface area (Å²) < 4.78 is 0. The molecule has 0 aliphatic carbocycles. The molecule has 0 amide bonds. The fraction of sp³-hybridized carbons (Fsp3) is 0.438. The average Bonchev–Trinajstić information content (AvgIpc) is 3.03.